The van der Waals surface area contributed by atoms with Gasteiger partial charge in [0.2, 0.25) is 0 Å². The number of pyridine rings is 2. The van der Waals surface area contributed by atoms with E-state index in [4.69, 9.17) is 4.74 Å². The maximum absolute atomic E-state index is 12.7. The van der Waals surface area contributed by atoms with Crippen molar-refractivity contribution >= 4 is 34.1 Å². The zero-order chi connectivity index (χ0) is 20.9. The molecule has 7 heteroatoms. The van der Waals surface area contributed by atoms with Crippen molar-refractivity contribution in [2.45, 2.75) is 0 Å². The average Bonchev–Trinajstić information content (AvgIpc) is 2.79. The zero-order valence-corrected chi connectivity index (χ0v) is 16.1. The quantitative estimate of drug-likeness (QED) is 0.527. The Bertz CT molecular complexity index is 1230. The lowest BCUT2D eigenvalue weighted by Gasteiger charge is -2.09. The fourth-order valence-corrected chi connectivity index (χ4v) is 2.99. The highest BCUT2D eigenvalue weighted by Crippen LogP contribution is 2.21. The maximum atomic E-state index is 12.7. The second kappa shape index (κ2) is 8.40. The molecule has 2 N–H and O–H groups in total. The molecule has 30 heavy (non-hydrogen) atoms. The van der Waals surface area contributed by atoms with Crippen LogP contribution in [-0.4, -0.2) is 28.9 Å². The van der Waals surface area contributed by atoms with Gasteiger partial charge >= 0.3 is 0 Å². The fourth-order valence-electron chi connectivity index (χ4n) is 2.99. The van der Waals surface area contributed by atoms with E-state index < -0.39 is 5.91 Å². The highest BCUT2D eigenvalue weighted by atomic mass is 16.5. The molecule has 0 aliphatic carbocycles. The van der Waals surface area contributed by atoms with Crippen LogP contribution in [0.4, 0.5) is 11.4 Å². The standard InChI is InChI=1S/C23H18N4O3/c1-30-18-8-3-7-17(14-18)26-22(28)16-10-12-24-20(13-16)23(29)27-19-9-2-5-15-6-4-11-25-21(15)19/h2-14H,1H3,(H,26,28)(H,27,29). The number of carbonyl (C=O) groups excluding carboxylic acids is 2. The lowest BCUT2D eigenvalue weighted by Crippen LogP contribution is -2.17. The molecule has 0 atom stereocenters. The molecular formula is C23H18N4O3. The van der Waals surface area contributed by atoms with Gasteiger partial charge in [-0.25, -0.2) is 0 Å². The van der Waals surface area contributed by atoms with Crippen molar-refractivity contribution in [1.82, 2.24) is 9.97 Å². The summed E-state index contributed by atoms with van der Waals surface area (Å²) >= 11 is 0. The number of hydrogen-bond donors (Lipinski definition) is 2. The van der Waals surface area contributed by atoms with Gasteiger partial charge in [-0.15, -0.1) is 0 Å². The van der Waals surface area contributed by atoms with Crippen LogP contribution in [-0.2, 0) is 0 Å². The Hall–Kier alpha value is -4.26. The number of para-hydroxylation sites is 1. The number of rotatable bonds is 5. The molecule has 2 heterocycles. The molecule has 0 bridgehead atoms. The number of anilines is 2. The summed E-state index contributed by atoms with van der Waals surface area (Å²) in [6, 6.07) is 19.3. The number of methoxy groups -OCH3 is 1. The number of carbonyl (C=O) groups is 2. The van der Waals surface area contributed by atoms with Crippen molar-refractivity contribution in [2.24, 2.45) is 0 Å². The summed E-state index contributed by atoms with van der Waals surface area (Å²) in [5.74, 6) is -0.151. The van der Waals surface area contributed by atoms with Gasteiger partial charge in [0, 0.05) is 35.1 Å². The van der Waals surface area contributed by atoms with E-state index in [1.807, 2.05) is 24.3 Å². The van der Waals surface area contributed by atoms with Crippen LogP contribution in [0.15, 0.2) is 79.1 Å². The molecule has 4 rings (SSSR count). The van der Waals surface area contributed by atoms with Gasteiger partial charge in [-0.05, 0) is 36.4 Å². The third-order valence-corrected chi connectivity index (χ3v) is 4.46. The number of ether oxygens (including phenoxy) is 1. The molecule has 2 aromatic carbocycles. The van der Waals surface area contributed by atoms with E-state index in [0.29, 0.717) is 28.2 Å². The Kier molecular flexibility index (Phi) is 5.34. The van der Waals surface area contributed by atoms with Crippen LogP contribution in [0.5, 0.6) is 5.75 Å². The highest BCUT2D eigenvalue weighted by molar-refractivity contribution is 6.09. The summed E-state index contributed by atoms with van der Waals surface area (Å²) in [6.45, 7) is 0. The van der Waals surface area contributed by atoms with Gasteiger partial charge in [0.15, 0.2) is 0 Å². The average molecular weight is 398 g/mol. The van der Waals surface area contributed by atoms with Gasteiger partial charge in [-0.1, -0.05) is 24.3 Å². The number of amides is 2. The normalized spacial score (nSPS) is 10.4. The minimum Gasteiger partial charge on any atom is -0.497 e. The fraction of sp³-hybridized carbons (Fsp3) is 0.0435. The summed E-state index contributed by atoms with van der Waals surface area (Å²) in [5.41, 5.74) is 2.28. The lowest BCUT2D eigenvalue weighted by molar-refractivity contribution is 0.102. The van der Waals surface area contributed by atoms with Gasteiger partial charge in [-0.3, -0.25) is 19.6 Å². The van der Waals surface area contributed by atoms with Gasteiger partial charge in [-0.2, -0.15) is 0 Å². The topological polar surface area (TPSA) is 93.2 Å². The molecular weight excluding hydrogens is 380 g/mol. The molecule has 148 valence electrons. The Balaban J connectivity index is 1.53. The van der Waals surface area contributed by atoms with E-state index in [2.05, 4.69) is 20.6 Å². The van der Waals surface area contributed by atoms with Crippen molar-refractivity contribution in [1.29, 1.82) is 0 Å². The second-order valence-electron chi connectivity index (χ2n) is 6.45. The number of nitrogens with one attached hydrogen (secondary N) is 2. The predicted octanol–water partition coefficient (Wildman–Crippen LogP) is 4.14. The van der Waals surface area contributed by atoms with Crippen molar-refractivity contribution in [3.8, 4) is 5.75 Å². The molecule has 0 saturated carbocycles. The summed E-state index contributed by atoms with van der Waals surface area (Å²) in [7, 11) is 1.56. The summed E-state index contributed by atoms with van der Waals surface area (Å²) in [6.07, 6.45) is 3.09. The van der Waals surface area contributed by atoms with Crippen molar-refractivity contribution < 1.29 is 14.3 Å². The first-order valence-corrected chi connectivity index (χ1v) is 9.20. The molecule has 7 nitrogen and oxygen atoms in total. The Morgan fingerprint density at radius 2 is 1.67 bits per heavy atom. The van der Waals surface area contributed by atoms with E-state index in [1.165, 1.54) is 12.3 Å². The van der Waals surface area contributed by atoms with E-state index in [9.17, 15) is 9.59 Å². The minimum absolute atomic E-state index is 0.126. The third-order valence-electron chi connectivity index (χ3n) is 4.46. The third kappa shape index (κ3) is 4.10. The summed E-state index contributed by atoms with van der Waals surface area (Å²) in [4.78, 5) is 33.8. The lowest BCUT2D eigenvalue weighted by atomic mass is 10.1. The Morgan fingerprint density at radius 1 is 0.833 bits per heavy atom. The molecule has 0 fully saturated rings. The van der Waals surface area contributed by atoms with Crippen molar-refractivity contribution in [2.75, 3.05) is 17.7 Å². The number of nitrogens with zero attached hydrogens (tertiary/aromatic N) is 2. The molecule has 0 unspecified atom stereocenters. The number of aromatic nitrogens is 2. The molecule has 0 radical (unpaired) electrons. The Labute approximate surface area is 172 Å². The second-order valence-corrected chi connectivity index (χ2v) is 6.45. The van der Waals surface area contributed by atoms with Gasteiger partial charge in [0.05, 0.1) is 18.3 Å². The predicted molar refractivity (Wildman–Crippen MR) is 115 cm³/mol. The van der Waals surface area contributed by atoms with Crippen LogP contribution in [0.2, 0.25) is 0 Å². The first-order valence-electron chi connectivity index (χ1n) is 9.20. The summed E-state index contributed by atoms with van der Waals surface area (Å²) < 4.78 is 5.16. The number of fused-ring (bicyclic) bond motifs is 1. The van der Waals surface area contributed by atoms with Gasteiger partial charge < -0.3 is 15.4 Å². The van der Waals surface area contributed by atoms with Crippen LogP contribution in [0, 0.1) is 0 Å². The molecule has 0 aliphatic heterocycles. The van der Waals surface area contributed by atoms with Gasteiger partial charge in [0.1, 0.15) is 11.4 Å². The first kappa shape index (κ1) is 19.1. The summed E-state index contributed by atoms with van der Waals surface area (Å²) in [5, 5.41) is 6.52. The van der Waals surface area contributed by atoms with Crippen LogP contribution in [0.3, 0.4) is 0 Å². The SMILES string of the molecule is COc1cccc(NC(=O)c2ccnc(C(=O)Nc3cccc4cccnc34)c2)c1. The van der Waals surface area contributed by atoms with E-state index in [0.717, 1.165) is 5.39 Å². The molecule has 0 aliphatic rings. The minimum atomic E-state index is -0.427. The smallest absolute Gasteiger partial charge is 0.274 e. The monoisotopic (exact) mass is 398 g/mol. The molecule has 2 aromatic heterocycles. The number of hydrogen-bond acceptors (Lipinski definition) is 5. The highest BCUT2D eigenvalue weighted by Gasteiger charge is 2.14. The first-order chi connectivity index (χ1) is 14.6. The molecule has 4 aromatic rings. The number of benzene rings is 2. The van der Waals surface area contributed by atoms with Crippen LogP contribution in [0.1, 0.15) is 20.8 Å². The van der Waals surface area contributed by atoms with Crippen molar-refractivity contribution in [3.63, 3.8) is 0 Å². The maximum Gasteiger partial charge on any atom is 0.274 e. The van der Waals surface area contributed by atoms with E-state index >= 15 is 0 Å². The zero-order valence-electron chi connectivity index (χ0n) is 16.1. The van der Waals surface area contributed by atoms with Crippen LogP contribution in [0.25, 0.3) is 10.9 Å². The molecule has 0 saturated heterocycles. The van der Waals surface area contributed by atoms with E-state index in [1.54, 1.807) is 49.7 Å². The Morgan fingerprint density at radius 3 is 2.53 bits per heavy atom. The van der Waals surface area contributed by atoms with E-state index in [-0.39, 0.29) is 11.6 Å². The van der Waals surface area contributed by atoms with Gasteiger partial charge in [0.25, 0.3) is 11.8 Å². The largest absolute Gasteiger partial charge is 0.497 e. The van der Waals surface area contributed by atoms with Crippen LogP contribution < -0.4 is 15.4 Å². The van der Waals surface area contributed by atoms with Crippen molar-refractivity contribution in [3.05, 3.63) is 90.4 Å². The molecule has 2 amide bonds. The van der Waals surface area contributed by atoms with Crippen LogP contribution >= 0.6 is 0 Å². The molecule has 0 spiro atoms.